The molecule has 0 amide bonds. The molecule has 0 spiro atoms. The second-order valence-corrected chi connectivity index (χ2v) is 6.82. The van der Waals surface area contributed by atoms with Gasteiger partial charge in [0.25, 0.3) is 0 Å². The van der Waals surface area contributed by atoms with Crippen LogP contribution in [0, 0.1) is 5.82 Å². The highest BCUT2D eigenvalue weighted by Crippen LogP contribution is 2.39. The first-order valence-corrected chi connectivity index (χ1v) is 9.25. The average Bonchev–Trinajstić information content (AvgIpc) is 3.18. The molecular weight excluding hydrogens is 355 g/mol. The summed E-state index contributed by atoms with van der Waals surface area (Å²) in [7, 11) is 1.64. The van der Waals surface area contributed by atoms with Crippen molar-refractivity contribution in [1.82, 2.24) is 15.3 Å². The van der Waals surface area contributed by atoms with E-state index in [1.54, 1.807) is 13.2 Å². The molecule has 0 aliphatic carbocycles. The number of fused-ring (bicyclic) bond motifs is 2. The molecule has 6 heteroatoms. The van der Waals surface area contributed by atoms with Gasteiger partial charge in [0.05, 0.1) is 12.6 Å². The van der Waals surface area contributed by atoms with Crippen molar-refractivity contribution >= 4 is 28.0 Å². The van der Waals surface area contributed by atoms with Crippen LogP contribution < -0.4 is 15.0 Å². The van der Waals surface area contributed by atoms with Crippen molar-refractivity contribution in [2.24, 2.45) is 0 Å². The fourth-order valence-electron chi connectivity index (χ4n) is 3.79. The van der Waals surface area contributed by atoms with Crippen molar-refractivity contribution in [1.29, 1.82) is 0 Å². The van der Waals surface area contributed by atoms with Gasteiger partial charge >= 0.3 is 0 Å². The van der Waals surface area contributed by atoms with Crippen LogP contribution >= 0.6 is 0 Å². The van der Waals surface area contributed by atoms with Gasteiger partial charge in [0.1, 0.15) is 17.4 Å². The van der Waals surface area contributed by atoms with Crippen molar-refractivity contribution in [3.05, 3.63) is 72.0 Å². The Kier molecular flexibility index (Phi) is 3.97. The number of ether oxygens (including phenoxy) is 1. The second kappa shape index (κ2) is 6.64. The zero-order chi connectivity index (χ0) is 19.1. The van der Waals surface area contributed by atoms with E-state index in [9.17, 15) is 4.39 Å². The number of anilines is 2. The lowest BCUT2D eigenvalue weighted by Gasteiger charge is -2.22. The van der Waals surface area contributed by atoms with Gasteiger partial charge in [-0.1, -0.05) is 12.1 Å². The minimum atomic E-state index is -0.166. The van der Waals surface area contributed by atoms with E-state index in [0.717, 1.165) is 39.3 Å². The summed E-state index contributed by atoms with van der Waals surface area (Å²) in [6.07, 6.45) is 6.51. The number of dihydropyridines is 1. The maximum Gasteiger partial charge on any atom is 0.159 e. The monoisotopic (exact) mass is 374 g/mol. The summed E-state index contributed by atoms with van der Waals surface area (Å²) < 4.78 is 19.7. The first-order valence-electron chi connectivity index (χ1n) is 9.25. The van der Waals surface area contributed by atoms with Gasteiger partial charge < -0.3 is 15.0 Å². The molecule has 5 rings (SSSR count). The average molecular weight is 374 g/mol. The van der Waals surface area contributed by atoms with Crippen LogP contribution in [0.1, 0.15) is 11.4 Å². The first-order chi connectivity index (χ1) is 13.7. The summed E-state index contributed by atoms with van der Waals surface area (Å²) >= 11 is 0. The Labute approximate surface area is 162 Å². The number of benzene rings is 2. The zero-order valence-corrected chi connectivity index (χ0v) is 15.4. The molecule has 0 fully saturated rings. The van der Waals surface area contributed by atoms with Crippen molar-refractivity contribution in [3.8, 4) is 5.75 Å². The molecule has 0 saturated heterocycles. The molecule has 2 aromatic carbocycles. The van der Waals surface area contributed by atoms with E-state index in [4.69, 9.17) is 14.7 Å². The Bertz CT molecular complexity index is 1140. The number of hydrogen-bond donors (Lipinski definition) is 1. The minimum absolute atomic E-state index is 0.166. The Morgan fingerprint density at radius 3 is 2.93 bits per heavy atom. The van der Waals surface area contributed by atoms with Gasteiger partial charge in [-0.15, -0.1) is 0 Å². The molecule has 0 radical (unpaired) electrons. The van der Waals surface area contributed by atoms with E-state index < -0.39 is 0 Å². The van der Waals surface area contributed by atoms with Gasteiger partial charge in [-0.25, -0.2) is 14.4 Å². The van der Waals surface area contributed by atoms with Crippen LogP contribution in [0.4, 0.5) is 15.9 Å². The molecular formula is C22H19FN4O. The number of aromatic nitrogens is 2. The van der Waals surface area contributed by atoms with Crippen LogP contribution in [0.5, 0.6) is 5.75 Å². The Balaban J connectivity index is 1.73. The van der Waals surface area contributed by atoms with Gasteiger partial charge in [-0.3, -0.25) is 0 Å². The molecule has 5 nitrogen and oxygen atoms in total. The van der Waals surface area contributed by atoms with Crippen molar-refractivity contribution in [2.75, 3.05) is 25.1 Å². The van der Waals surface area contributed by atoms with Crippen LogP contribution in [0.2, 0.25) is 0 Å². The lowest BCUT2D eigenvalue weighted by Crippen LogP contribution is -2.18. The Morgan fingerprint density at radius 1 is 1.18 bits per heavy atom. The molecule has 0 bridgehead atoms. The maximum absolute atomic E-state index is 14.3. The standard InChI is InChI=1S/C22H19FN4O/c1-28-15-7-8-19-17(12-15)22(26-21(25-19)14-4-3-10-24-13-14)27-11-9-16-18(23)5-2-6-20(16)27/h2-8,10,12,24H,9,11,13H2,1H3. The third-order valence-corrected chi connectivity index (χ3v) is 5.20. The van der Waals surface area contributed by atoms with E-state index in [1.807, 2.05) is 42.6 Å². The van der Waals surface area contributed by atoms with Crippen molar-refractivity contribution in [3.63, 3.8) is 0 Å². The predicted molar refractivity (Wildman–Crippen MR) is 108 cm³/mol. The molecule has 0 atom stereocenters. The normalized spacial score (nSPS) is 15.4. The van der Waals surface area contributed by atoms with Crippen molar-refractivity contribution < 1.29 is 9.13 Å². The highest BCUT2D eigenvalue weighted by molar-refractivity contribution is 5.94. The highest BCUT2D eigenvalue weighted by Gasteiger charge is 2.26. The van der Waals surface area contributed by atoms with Crippen molar-refractivity contribution in [2.45, 2.75) is 6.42 Å². The maximum atomic E-state index is 14.3. The van der Waals surface area contributed by atoms with Gasteiger partial charge in [0.2, 0.25) is 0 Å². The number of hydrogen-bond acceptors (Lipinski definition) is 5. The largest absolute Gasteiger partial charge is 0.497 e. The quantitative estimate of drug-likeness (QED) is 0.752. The number of rotatable bonds is 3. The second-order valence-electron chi connectivity index (χ2n) is 6.82. The van der Waals surface area contributed by atoms with Crippen LogP contribution in [0.25, 0.3) is 16.5 Å². The van der Waals surface area contributed by atoms with Gasteiger partial charge in [-0.05, 0) is 49.0 Å². The molecule has 2 aliphatic heterocycles. The van der Waals surface area contributed by atoms with E-state index in [-0.39, 0.29) is 5.82 Å². The molecule has 0 saturated carbocycles. The van der Waals surface area contributed by atoms with E-state index in [0.29, 0.717) is 25.3 Å². The van der Waals surface area contributed by atoms with Crippen LogP contribution in [0.15, 0.2) is 54.8 Å². The molecule has 28 heavy (non-hydrogen) atoms. The number of nitrogens with zero attached hydrogens (tertiary/aromatic N) is 3. The van der Waals surface area contributed by atoms with Crippen LogP contribution in [-0.4, -0.2) is 30.2 Å². The van der Waals surface area contributed by atoms with Crippen LogP contribution in [0.3, 0.4) is 0 Å². The molecule has 1 aromatic heterocycles. The smallest absolute Gasteiger partial charge is 0.159 e. The molecule has 3 heterocycles. The fourth-order valence-corrected chi connectivity index (χ4v) is 3.79. The number of halogens is 1. The summed E-state index contributed by atoms with van der Waals surface area (Å²) in [4.78, 5) is 11.8. The number of allylic oxidation sites excluding steroid dienone is 2. The Hall–Kier alpha value is -3.41. The first kappa shape index (κ1) is 16.7. The predicted octanol–water partition coefficient (Wildman–Crippen LogP) is 3.97. The molecule has 140 valence electrons. The lowest BCUT2D eigenvalue weighted by atomic mass is 10.1. The third kappa shape index (κ3) is 2.69. The fraction of sp³-hybridized carbons (Fsp3) is 0.182. The molecule has 1 N–H and O–H groups in total. The van der Waals surface area contributed by atoms with Crippen LogP contribution in [-0.2, 0) is 6.42 Å². The minimum Gasteiger partial charge on any atom is -0.497 e. The summed E-state index contributed by atoms with van der Waals surface area (Å²) in [6, 6.07) is 11.0. The number of methoxy groups -OCH3 is 1. The summed E-state index contributed by atoms with van der Waals surface area (Å²) in [5.41, 5.74) is 3.45. The zero-order valence-electron chi connectivity index (χ0n) is 15.4. The SMILES string of the molecule is COc1ccc2nc(C3=CC=CNC3)nc(N3CCc4c(F)cccc43)c2c1. The summed E-state index contributed by atoms with van der Waals surface area (Å²) in [5.74, 6) is 2.03. The lowest BCUT2D eigenvalue weighted by molar-refractivity contribution is 0.415. The van der Waals surface area contributed by atoms with Gasteiger partial charge in [0, 0.05) is 35.3 Å². The topological polar surface area (TPSA) is 50.3 Å². The Morgan fingerprint density at radius 2 is 2.11 bits per heavy atom. The van der Waals surface area contributed by atoms with Gasteiger partial charge in [0.15, 0.2) is 5.82 Å². The number of nitrogens with one attached hydrogen (secondary N) is 1. The van der Waals surface area contributed by atoms with E-state index in [1.165, 1.54) is 6.07 Å². The van der Waals surface area contributed by atoms with E-state index in [2.05, 4.69) is 10.2 Å². The molecule has 0 unspecified atom stereocenters. The molecule has 3 aromatic rings. The van der Waals surface area contributed by atoms with E-state index >= 15 is 0 Å². The summed E-state index contributed by atoms with van der Waals surface area (Å²) in [5, 5.41) is 4.09. The molecule has 2 aliphatic rings. The highest BCUT2D eigenvalue weighted by atomic mass is 19.1. The van der Waals surface area contributed by atoms with Gasteiger partial charge in [-0.2, -0.15) is 0 Å². The summed E-state index contributed by atoms with van der Waals surface area (Å²) in [6.45, 7) is 1.35. The third-order valence-electron chi connectivity index (χ3n) is 5.20.